The van der Waals surface area contributed by atoms with Gasteiger partial charge in [-0.25, -0.2) is 0 Å². The molecule has 4 heteroatoms. The molecule has 0 aliphatic rings. The fourth-order valence-electron chi connectivity index (χ4n) is 3.98. The van der Waals surface area contributed by atoms with Crippen molar-refractivity contribution in [1.29, 1.82) is 0 Å². The van der Waals surface area contributed by atoms with Crippen LogP contribution in [0.5, 0.6) is 0 Å². The molecular formula is C16H29BrN2O. The van der Waals surface area contributed by atoms with Crippen molar-refractivity contribution in [3.05, 3.63) is 11.8 Å². The number of nitrogens with two attached hydrogens (primary N) is 1. The van der Waals surface area contributed by atoms with Crippen LogP contribution in [-0.2, 0) is 0 Å². The minimum Gasteiger partial charge on any atom is -0.381 e. The van der Waals surface area contributed by atoms with Crippen LogP contribution in [0.1, 0.15) is 65.6 Å². The lowest BCUT2D eigenvalue weighted by molar-refractivity contribution is 0.0588. The van der Waals surface area contributed by atoms with Gasteiger partial charge in [-0.1, -0.05) is 62.1 Å². The first-order chi connectivity index (χ1) is 9.46. The summed E-state index contributed by atoms with van der Waals surface area (Å²) in [5.74, 6) is 3.02. The monoisotopic (exact) mass is 344 g/mol. The Hall–Kier alpha value is -0.510. The first kappa shape index (κ1) is 17.5. The molecule has 0 aliphatic heterocycles. The second kappa shape index (κ2) is 7.48. The molecule has 1 heterocycles. The number of rotatable bonds is 8. The summed E-state index contributed by atoms with van der Waals surface area (Å²) in [7, 11) is 0. The fourth-order valence-corrected chi connectivity index (χ4v) is 4.43. The number of nitrogen functional groups attached to an aromatic ring is 1. The van der Waals surface area contributed by atoms with Gasteiger partial charge in [0.25, 0.3) is 0 Å². The summed E-state index contributed by atoms with van der Waals surface area (Å²) in [5, 5.41) is 4.90. The number of nitrogens with zero attached hydrogens (tertiary/aromatic N) is 1. The number of hydrogen-bond acceptors (Lipinski definition) is 3. The van der Waals surface area contributed by atoms with Gasteiger partial charge in [-0.3, -0.25) is 0 Å². The zero-order valence-corrected chi connectivity index (χ0v) is 15.0. The molecule has 0 saturated carbocycles. The van der Waals surface area contributed by atoms with E-state index in [4.69, 9.17) is 10.3 Å². The summed E-state index contributed by atoms with van der Waals surface area (Å²) in [6, 6.07) is 1.89. The maximum absolute atomic E-state index is 5.72. The van der Waals surface area contributed by atoms with Crippen LogP contribution in [-0.4, -0.2) is 10.5 Å². The molecule has 20 heavy (non-hydrogen) atoms. The van der Waals surface area contributed by atoms with E-state index >= 15 is 0 Å². The highest BCUT2D eigenvalue weighted by atomic mass is 79.9. The standard InChI is InChI=1S/C16H29BrN2O/c1-6-13(11(4)10-17)16(7-2,8-3)12(5)14-9-15(18)19-20-14/h9,11-13H,6-8,10H2,1-5H3,(H2,18,19). The molecule has 1 aromatic rings. The average Bonchev–Trinajstić information content (AvgIpc) is 2.90. The maximum atomic E-state index is 5.72. The molecule has 3 atom stereocenters. The van der Waals surface area contributed by atoms with Gasteiger partial charge in [-0.2, -0.15) is 0 Å². The van der Waals surface area contributed by atoms with Gasteiger partial charge in [0, 0.05) is 17.3 Å². The van der Waals surface area contributed by atoms with Gasteiger partial charge < -0.3 is 10.3 Å². The lowest BCUT2D eigenvalue weighted by atomic mass is 9.59. The Kier molecular flexibility index (Phi) is 6.56. The fraction of sp³-hybridized carbons (Fsp3) is 0.812. The summed E-state index contributed by atoms with van der Waals surface area (Å²) in [6.07, 6.45) is 3.46. The SMILES string of the molecule is CCC(C(C)CBr)C(CC)(CC)C(C)c1cc(N)no1. The van der Waals surface area contributed by atoms with Gasteiger partial charge in [0.2, 0.25) is 0 Å². The normalized spacial score (nSPS) is 16.9. The van der Waals surface area contributed by atoms with Crippen LogP contribution >= 0.6 is 15.9 Å². The van der Waals surface area contributed by atoms with Gasteiger partial charge in [-0.05, 0) is 30.1 Å². The van der Waals surface area contributed by atoms with E-state index in [9.17, 15) is 0 Å². The first-order valence-electron chi connectivity index (χ1n) is 7.74. The van der Waals surface area contributed by atoms with Crippen LogP contribution in [0.15, 0.2) is 10.6 Å². The third-order valence-electron chi connectivity index (χ3n) is 5.26. The zero-order valence-electron chi connectivity index (χ0n) is 13.4. The quantitative estimate of drug-likeness (QED) is 0.657. The summed E-state index contributed by atoms with van der Waals surface area (Å²) in [4.78, 5) is 0. The summed E-state index contributed by atoms with van der Waals surface area (Å²) < 4.78 is 5.46. The number of halogens is 1. The minimum absolute atomic E-state index is 0.230. The van der Waals surface area contributed by atoms with Crippen LogP contribution in [0.2, 0.25) is 0 Å². The van der Waals surface area contributed by atoms with Gasteiger partial charge in [0.05, 0.1) is 0 Å². The molecule has 0 amide bonds. The number of aromatic nitrogens is 1. The van der Waals surface area contributed by atoms with Gasteiger partial charge in [-0.15, -0.1) is 0 Å². The van der Waals surface area contributed by atoms with Crippen LogP contribution in [0, 0.1) is 17.3 Å². The number of anilines is 1. The second-order valence-corrected chi connectivity index (χ2v) is 6.61. The summed E-state index contributed by atoms with van der Waals surface area (Å²) in [5.41, 5.74) is 5.95. The predicted octanol–water partition coefficient (Wildman–Crippen LogP) is 5.22. The molecule has 0 bridgehead atoms. The second-order valence-electron chi connectivity index (χ2n) is 5.96. The van der Waals surface area contributed by atoms with Crippen LogP contribution in [0.4, 0.5) is 5.82 Å². The molecule has 3 nitrogen and oxygen atoms in total. The van der Waals surface area contributed by atoms with Gasteiger partial charge in [0.15, 0.2) is 5.82 Å². The van der Waals surface area contributed by atoms with Crippen molar-refractivity contribution < 1.29 is 4.52 Å². The van der Waals surface area contributed by atoms with Crippen molar-refractivity contribution >= 4 is 21.7 Å². The lowest BCUT2D eigenvalue weighted by Crippen LogP contribution is -2.38. The highest BCUT2D eigenvalue weighted by Crippen LogP contribution is 2.51. The molecule has 0 saturated heterocycles. The van der Waals surface area contributed by atoms with E-state index < -0.39 is 0 Å². The summed E-state index contributed by atoms with van der Waals surface area (Å²) >= 11 is 3.66. The Morgan fingerprint density at radius 2 is 1.90 bits per heavy atom. The Morgan fingerprint density at radius 3 is 2.25 bits per heavy atom. The van der Waals surface area contributed by atoms with E-state index in [1.807, 2.05) is 6.07 Å². The van der Waals surface area contributed by atoms with E-state index in [-0.39, 0.29) is 5.41 Å². The summed E-state index contributed by atoms with van der Waals surface area (Å²) in [6.45, 7) is 11.5. The molecule has 0 aromatic carbocycles. The molecule has 0 radical (unpaired) electrons. The minimum atomic E-state index is 0.230. The highest BCUT2D eigenvalue weighted by molar-refractivity contribution is 9.09. The Balaban J connectivity index is 3.18. The van der Waals surface area contributed by atoms with Crippen molar-refractivity contribution in [2.24, 2.45) is 17.3 Å². The number of hydrogen-bond donors (Lipinski definition) is 1. The van der Waals surface area contributed by atoms with Gasteiger partial charge >= 0.3 is 0 Å². The Labute approximate surface area is 131 Å². The molecule has 0 fully saturated rings. The molecule has 3 unspecified atom stereocenters. The number of alkyl halides is 1. The third-order valence-corrected chi connectivity index (χ3v) is 6.28. The topological polar surface area (TPSA) is 52.0 Å². The highest BCUT2D eigenvalue weighted by Gasteiger charge is 2.43. The van der Waals surface area contributed by atoms with E-state index in [0.29, 0.717) is 23.6 Å². The van der Waals surface area contributed by atoms with Crippen molar-refractivity contribution in [2.45, 2.75) is 59.8 Å². The van der Waals surface area contributed by atoms with E-state index in [1.165, 1.54) is 6.42 Å². The molecule has 1 rings (SSSR count). The van der Waals surface area contributed by atoms with Crippen LogP contribution < -0.4 is 5.73 Å². The van der Waals surface area contributed by atoms with Gasteiger partial charge in [0.1, 0.15) is 5.76 Å². The lowest BCUT2D eigenvalue weighted by Gasteiger charge is -2.46. The Bertz CT molecular complexity index is 401. The van der Waals surface area contributed by atoms with Crippen LogP contribution in [0.3, 0.4) is 0 Å². The molecule has 0 aliphatic carbocycles. The van der Waals surface area contributed by atoms with Crippen molar-refractivity contribution in [3.63, 3.8) is 0 Å². The molecular weight excluding hydrogens is 316 g/mol. The molecule has 2 N–H and O–H groups in total. The smallest absolute Gasteiger partial charge is 0.167 e. The van der Waals surface area contributed by atoms with Crippen LogP contribution in [0.25, 0.3) is 0 Å². The van der Waals surface area contributed by atoms with E-state index in [2.05, 4.69) is 55.7 Å². The van der Waals surface area contributed by atoms with Crippen molar-refractivity contribution in [3.8, 4) is 0 Å². The largest absolute Gasteiger partial charge is 0.381 e. The molecule has 1 aromatic heterocycles. The van der Waals surface area contributed by atoms with E-state index in [1.54, 1.807) is 0 Å². The molecule has 0 spiro atoms. The van der Waals surface area contributed by atoms with Crippen molar-refractivity contribution in [1.82, 2.24) is 5.16 Å². The van der Waals surface area contributed by atoms with E-state index in [0.717, 1.165) is 23.9 Å². The molecule has 116 valence electrons. The first-order valence-corrected chi connectivity index (χ1v) is 8.86. The Morgan fingerprint density at radius 1 is 1.30 bits per heavy atom. The average molecular weight is 345 g/mol. The zero-order chi connectivity index (χ0) is 15.3. The maximum Gasteiger partial charge on any atom is 0.167 e. The predicted molar refractivity (Wildman–Crippen MR) is 89.1 cm³/mol. The third kappa shape index (κ3) is 3.21. The van der Waals surface area contributed by atoms with Crippen molar-refractivity contribution in [2.75, 3.05) is 11.1 Å².